The minimum Gasteiger partial charge on any atom is -0.508 e. The summed E-state index contributed by atoms with van der Waals surface area (Å²) in [6, 6.07) is 8.76. The van der Waals surface area contributed by atoms with E-state index < -0.39 is 152 Å². The number of ether oxygens (including phenoxy) is 3. The highest BCUT2D eigenvalue weighted by atomic mass is 32.2. The highest BCUT2D eigenvalue weighted by molar-refractivity contribution is 7.98. The van der Waals surface area contributed by atoms with Crippen molar-refractivity contribution in [3.63, 3.8) is 0 Å². The molecule has 1 heterocycles. The predicted molar refractivity (Wildman–Crippen MR) is 319 cm³/mol. The van der Waals surface area contributed by atoms with Gasteiger partial charge in [0.05, 0.1) is 44.5 Å². The average Bonchev–Trinajstić information content (AvgIpc) is 3.19. The van der Waals surface area contributed by atoms with Crippen LogP contribution in [0.1, 0.15) is 56.7 Å². The third-order valence-corrected chi connectivity index (χ3v) is 14.9. The standard InChI is InChI=1S/C58H81N9O17S2/c1-5-33(2)49-57(80)62-42(19-24-86-4)58(81)84-30-38(51(74)63-44(27-37-13-17-40(71)18-14-37)54(77)64-45(55(78)66-49)25-35-9-7-6-8-10-35)28-47(72)50(34(3)69)67-56(79)46(29-68)65-53(76)43(26-36-11-15-39(70)16-12-36)61-48(73)31-83-23-22-82-21-20-60-52(75)41(59)32-85/h6-18,33-34,38,41-46,49-50,68-71,85H,5,19-32,59H2,1-4H3,(H,60,75)(H,61,73)(H,62,80)(H,63,74)(H,64,77)(H,65,76)(H,66,78)(H,67,79)/t33?,34?,38-,41-,42-,43-,44-,45-,46-,49-,50-/m0/s1. The zero-order chi connectivity index (χ0) is 63.3. The summed E-state index contributed by atoms with van der Waals surface area (Å²) in [5, 5.41) is 62.0. The van der Waals surface area contributed by atoms with Crippen LogP contribution < -0.4 is 48.3 Å². The van der Waals surface area contributed by atoms with Gasteiger partial charge in [-0.15, -0.1) is 0 Å². The van der Waals surface area contributed by atoms with Crippen LogP contribution in [0.15, 0.2) is 78.9 Å². The normalized spacial score (nSPS) is 20.0. The summed E-state index contributed by atoms with van der Waals surface area (Å²) >= 11 is 5.34. The first kappa shape index (κ1) is 71.1. The molecule has 0 bridgehead atoms. The van der Waals surface area contributed by atoms with Crippen molar-refractivity contribution in [3.05, 3.63) is 95.6 Å². The Labute approximate surface area is 508 Å². The molecule has 2 unspecified atom stereocenters. The number of hydrogen-bond donors (Lipinski definition) is 14. The number of Topliss-reactive ketones (excluding diaryl/α,β-unsaturated/α-hetero) is 1. The molecule has 0 spiro atoms. The molecule has 1 saturated heterocycles. The minimum absolute atomic E-state index is 0.0302. The summed E-state index contributed by atoms with van der Waals surface area (Å²) < 4.78 is 16.5. The van der Waals surface area contributed by atoms with E-state index in [0.29, 0.717) is 28.9 Å². The van der Waals surface area contributed by atoms with Crippen LogP contribution in [0, 0.1) is 11.8 Å². The summed E-state index contributed by atoms with van der Waals surface area (Å²) in [4.78, 5) is 139. The van der Waals surface area contributed by atoms with E-state index in [0.717, 1.165) is 6.92 Å². The van der Waals surface area contributed by atoms with Gasteiger partial charge in [0.25, 0.3) is 0 Å². The number of cyclic esters (lactones) is 1. The Hall–Kier alpha value is -7.34. The topological polar surface area (TPSA) is 402 Å². The maximum Gasteiger partial charge on any atom is 0.328 e. The number of benzene rings is 3. The molecule has 1 aliphatic rings. The number of aliphatic hydroxyl groups is 2. The fourth-order valence-corrected chi connectivity index (χ4v) is 9.27. The van der Waals surface area contributed by atoms with Crippen molar-refractivity contribution in [1.29, 1.82) is 0 Å². The molecule has 1 aliphatic heterocycles. The number of thiol groups is 1. The molecule has 11 atom stereocenters. The third kappa shape index (κ3) is 24.2. The lowest BCUT2D eigenvalue weighted by atomic mass is 9.94. The number of phenols is 2. The lowest BCUT2D eigenvalue weighted by Crippen LogP contribution is -2.60. The van der Waals surface area contributed by atoms with E-state index >= 15 is 0 Å². The highest BCUT2D eigenvalue weighted by Gasteiger charge is 2.38. The van der Waals surface area contributed by atoms with Crippen molar-refractivity contribution in [3.8, 4) is 11.5 Å². The van der Waals surface area contributed by atoms with Gasteiger partial charge in [-0.1, -0.05) is 74.9 Å². The van der Waals surface area contributed by atoms with Crippen molar-refractivity contribution >= 4 is 83.4 Å². The van der Waals surface area contributed by atoms with Crippen LogP contribution >= 0.6 is 24.4 Å². The van der Waals surface area contributed by atoms with Crippen LogP contribution in [-0.2, 0) is 81.4 Å². The number of carbonyl (C=O) groups excluding carboxylic acids is 10. The number of esters is 1. The monoisotopic (exact) mass is 1240 g/mol. The maximum atomic E-state index is 14.7. The van der Waals surface area contributed by atoms with Gasteiger partial charge in [0.15, 0.2) is 5.78 Å². The molecule has 3 aromatic carbocycles. The van der Waals surface area contributed by atoms with E-state index in [4.69, 9.17) is 19.9 Å². The van der Waals surface area contributed by atoms with Gasteiger partial charge in [-0.05, 0) is 72.2 Å². The second-order valence-electron chi connectivity index (χ2n) is 20.6. The summed E-state index contributed by atoms with van der Waals surface area (Å²) in [6.07, 6.45) is -0.876. The molecule has 0 saturated carbocycles. The van der Waals surface area contributed by atoms with E-state index in [9.17, 15) is 68.4 Å². The van der Waals surface area contributed by atoms with E-state index in [-0.39, 0.29) is 69.3 Å². The summed E-state index contributed by atoms with van der Waals surface area (Å²) in [6.45, 7) is 2.45. The predicted octanol–water partition coefficient (Wildman–Crippen LogP) is -1.77. The zero-order valence-electron chi connectivity index (χ0n) is 48.5. The second kappa shape index (κ2) is 37.3. The van der Waals surface area contributed by atoms with Crippen molar-refractivity contribution in [2.75, 3.05) is 63.9 Å². The van der Waals surface area contributed by atoms with Crippen LogP contribution in [0.25, 0.3) is 0 Å². The Morgan fingerprint density at radius 2 is 1.29 bits per heavy atom. The molecule has 0 aromatic heterocycles. The third-order valence-electron chi connectivity index (χ3n) is 13.8. The molecular weight excluding hydrogens is 1160 g/mol. The van der Waals surface area contributed by atoms with Gasteiger partial charge in [0, 0.05) is 38.0 Å². The molecule has 26 nitrogen and oxygen atoms in total. The van der Waals surface area contributed by atoms with Crippen molar-refractivity contribution < 1.29 is 82.6 Å². The molecule has 8 amide bonds. The lowest BCUT2D eigenvalue weighted by molar-refractivity contribution is -0.152. The molecule has 4 rings (SSSR count). The van der Waals surface area contributed by atoms with Gasteiger partial charge in [-0.3, -0.25) is 43.2 Å². The van der Waals surface area contributed by atoms with Crippen LogP contribution in [0.2, 0.25) is 0 Å². The van der Waals surface area contributed by atoms with Gasteiger partial charge >= 0.3 is 5.97 Å². The molecule has 0 aliphatic carbocycles. The molecule has 14 N–H and O–H groups in total. The molecule has 472 valence electrons. The van der Waals surface area contributed by atoms with Gasteiger partial charge in [0.1, 0.15) is 67.0 Å². The number of ketones is 1. The largest absolute Gasteiger partial charge is 0.508 e. The Bertz CT molecular complexity index is 2710. The fourth-order valence-electron chi connectivity index (χ4n) is 8.63. The number of carbonyl (C=O) groups is 10. The Morgan fingerprint density at radius 1 is 0.721 bits per heavy atom. The number of rotatable bonds is 31. The van der Waals surface area contributed by atoms with Gasteiger partial charge in [-0.2, -0.15) is 24.4 Å². The van der Waals surface area contributed by atoms with Gasteiger partial charge < -0.3 is 82.9 Å². The number of phenolic OH excluding ortho intramolecular Hbond substituents is 2. The quantitative estimate of drug-likeness (QED) is 0.0193. The van der Waals surface area contributed by atoms with Crippen LogP contribution in [0.3, 0.4) is 0 Å². The maximum absolute atomic E-state index is 14.7. The highest BCUT2D eigenvalue weighted by Crippen LogP contribution is 2.18. The SMILES string of the molecule is CCC(C)[C@@H]1NC(=O)[C@H](Cc2ccccc2)NC(=O)[C@H](Cc2ccc(O)cc2)NC(=O)[C@@H](CC(=O)[C@@H](NC(=O)[C@H](CO)NC(=O)[C@H](Cc2ccc(O)cc2)NC(=O)COCCOCCNC(=O)[C@@H](N)CS)C(C)O)COC(=O)[C@H](CCSC)NC1=O. The number of hydrogen-bond acceptors (Lipinski definition) is 20. The van der Waals surface area contributed by atoms with Gasteiger partial charge in [-0.25, -0.2) is 4.79 Å². The number of nitrogens with one attached hydrogen (secondary N) is 8. The van der Waals surface area contributed by atoms with E-state index in [1.807, 2.05) is 0 Å². The van der Waals surface area contributed by atoms with Crippen molar-refractivity contribution in [1.82, 2.24) is 42.5 Å². The number of aromatic hydroxyl groups is 2. The van der Waals surface area contributed by atoms with E-state index in [1.54, 1.807) is 50.4 Å². The summed E-state index contributed by atoms with van der Waals surface area (Å²) in [5.41, 5.74) is 7.13. The Morgan fingerprint density at radius 3 is 1.88 bits per heavy atom. The summed E-state index contributed by atoms with van der Waals surface area (Å²) in [5.74, 6) is -10.6. The van der Waals surface area contributed by atoms with Crippen molar-refractivity contribution in [2.45, 2.75) is 114 Å². The second-order valence-corrected chi connectivity index (χ2v) is 22.0. The molecule has 86 heavy (non-hydrogen) atoms. The number of amides is 8. The van der Waals surface area contributed by atoms with Crippen LogP contribution in [0.4, 0.5) is 0 Å². The van der Waals surface area contributed by atoms with Crippen LogP contribution in [0.5, 0.6) is 11.5 Å². The first-order chi connectivity index (χ1) is 41.1. The Balaban J connectivity index is 1.60. The smallest absolute Gasteiger partial charge is 0.328 e. The van der Waals surface area contributed by atoms with Crippen LogP contribution in [-0.4, -0.2) is 198 Å². The average molecular weight is 1240 g/mol. The molecule has 1 fully saturated rings. The molecule has 3 aromatic rings. The molecule has 0 radical (unpaired) electrons. The zero-order valence-corrected chi connectivity index (χ0v) is 50.2. The Kier molecular flexibility index (Phi) is 30.8. The minimum atomic E-state index is -1.86. The molecule has 28 heteroatoms. The fraction of sp³-hybridized carbons (Fsp3) is 0.517. The number of thioether (sulfide) groups is 1. The lowest BCUT2D eigenvalue weighted by Gasteiger charge is -2.30. The summed E-state index contributed by atoms with van der Waals surface area (Å²) in [7, 11) is 0. The number of aliphatic hydroxyl groups excluding tert-OH is 2. The first-order valence-corrected chi connectivity index (χ1v) is 30.1. The van der Waals surface area contributed by atoms with Gasteiger partial charge in [0.2, 0.25) is 47.3 Å². The van der Waals surface area contributed by atoms with E-state index in [2.05, 4.69) is 55.2 Å². The number of nitrogens with two attached hydrogens (primary N) is 1. The molecular formula is C58H81N9O17S2. The first-order valence-electron chi connectivity index (χ1n) is 28.1. The van der Waals surface area contributed by atoms with Crippen molar-refractivity contribution in [2.24, 2.45) is 17.6 Å². The van der Waals surface area contributed by atoms with E-state index in [1.165, 1.54) is 60.3 Å².